The van der Waals surface area contributed by atoms with Gasteiger partial charge in [-0.2, -0.15) is 0 Å². The highest BCUT2D eigenvalue weighted by Crippen LogP contribution is 2.23. The van der Waals surface area contributed by atoms with Crippen molar-refractivity contribution in [2.24, 2.45) is 0 Å². The van der Waals surface area contributed by atoms with Crippen LogP contribution in [-0.4, -0.2) is 28.4 Å². The van der Waals surface area contributed by atoms with Crippen LogP contribution in [0, 0.1) is 0 Å². The van der Waals surface area contributed by atoms with Gasteiger partial charge in [0.25, 0.3) is 15.9 Å². The minimum Gasteiger partial charge on any atom is -0.431 e. The normalized spacial score (nSPS) is 11.4. The van der Waals surface area contributed by atoms with Gasteiger partial charge in [-0.1, -0.05) is 0 Å². The SMILES string of the molecule is CNC(=O)c1cc(S(=O)(=O)NC)oc1Cl. The third-order valence-corrected chi connectivity index (χ3v) is 3.22. The Labute approximate surface area is 91.6 Å². The van der Waals surface area contributed by atoms with E-state index in [0.717, 1.165) is 6.07 Å². The average Bonchev–Trinajstić information content (AvgIpc) is 2.60. The van der Waals surface area contributed by atoms with Crippen molar-refractivity contribution < 1.29 is 17.6 Å². The third kappa shape index (κ3) is 2.31. The number of furan rings is 1. The molecule has 0 aliphatic heterocycles. The second-order valence-electron chi connectivity index (χ2n) is 2.54. The molecule has 1 aromatic rings. The van der Waals surface area contributed by atoms with Gasteiger partial charge in [-0.15, -0.1) is 0 Å². The molecule has 15 heavy (non-hydrogen) atoms. The predicted molar refractivity (Wildman–Crippen MR) is 53.4 cm³/mol. The second kappa shape index (κ2) is 4.21. The number of halogens is 1. The first-order valence-corrected chi connectivity index (χ1v) is 5.73. The lowest BCUT2D eigenvalue weighted by Gasteiger charge is -1.94. The molecule has 0 aliphatic carbocycles. The number of carbonyl (C=O) groups excluding carboxylic acids is 1. The Morgan fingerprint density at radius 1 is 1.47 bits per heavy atom. The van der Waals surface area contributed by atoms with E-state index >= 15 is 0 Å². The molecular formula is C7H9ClN2O4S. The van der Waals surface area contributed by atoms with Gasteiger partial charge < -0.3 is 9.73 Å². The maximum absolute atomic E-state index is 11.3. The molecule has 0 unspecified atom stereocenters. The number of hydrogen-bond donors (Lipinski definition) is 2. The summed E-state index contributed by atoms with van der Waals surface area (Å²) < 4.78 is 29.4. The van der Waals surface area contributed by atoms with Crippen LogP contribution in [-0.2, 0) is 10.0 Å². The molecule has 0 fully saturated rings. The van der Waals surface area contributed by atoms with Gasteiger partial charge in [0.2, 0.25) is 10.3 Å². The summed E-state index contributed by atoms with van der Waals surface area (Å²) in [6.07, 6.45) is 0. The molecule has 1 amide bonds. The summed E-state index contributed by atoms with van der Waals surface area (Å²) in [5, 5.41) is 1.65. The molecule has 84 valence electrons. The quantitative estimate of drug-likeness (QED) is 0.804. The van der Waals surface area contributed by atoms with Crippen LogP contribution in [0.4, 0.5) is 0 Å². The molecule has 0 spiro atoms. The topological polar surface area (TPSA) is 88.4 Å². The fraction of sp³-hybridized carbons (Fsp3) is 0.286. The van der Waals surface area contributed by atoms with E-state index in [1.807, 2.05) is 4.72 Å². The minimum atomic E-state index is -3.72. The largest absolute Gasteiger partial charge is 0.431 e. The molecule has 0 radical (unpaired) electrons. The van der Waals surface area contributed by atoms with Gasteiger partial charge >= 0.3 is 0 Å². The Kier molecular flexibility index (Phi) is 3.38. The Bertz CT molecular complexity index is 479. The number of nitrogens with one attached hydrogen (secondary N) is 2. The molecule has 2 N–H and O–H groups in total. The zero-order valence-electron chi connectivity index (χ0n) is 8.00. The van der Waals surface area contributed by atoms with Crippen molar-refractivity contribution in [3.05, 3.63) is 16.8 Å². The number of carbonyl (C=O) groups is 1. The molecule has 1 rings (SSSR count). The van der Waals surface area contributed by atoms with Crippen molar-refractivity contribution in [1.82, 2.24) is 10.0 Å². The first-order valence-electron chi connectivity index (χ1n) is 3.87. The van der Waals surface area contributed by atoms with E-state index in [-0.39, 0.29) is 10.8 Å². The van der Waals surface area contributed by atoms with E-state index in [1.54, 1.807) is 0 Å². The smallest absolute Gasteiger partial charge is 0.273 e. The van der Waals surface area contributed by atoms with Gasteiger partial charge in [-0.05, 0) is 18.6 Å². The average molecular weight is 253 g/mol. The zero-order valence-corrected chi connectivity index (χ0v) is 9.57. The third-order valence-electron chi connectivity index (χ3n) is 1.67. The van der Waals surface area contributed by atoms with Crippen LogP contribution in [0.1, 0.15) is 10.4 Å². The first-order chi connectivity index (χ1) is 6.92. The van der Waals surface area contributed by atoms with Crippen molar-refractivity contribution in [2.45, 2.75) is 5.09 Å². The lowest BCUT2D eigenvalue weighted by molar-refractivity contribution is 0.0962. The zero-order chi connectivity index (χ0) is 11.6. The standard InChI is InChI=1S/C7H9ClN2O4S/c1-9-7(11)4-3-5(14-6(4)8)15(12,13)10-2/h3,10H,1-2H3,(H,9,11). The molecule has 8 heteroatoms. The van der Waals surface area contributed by atoms with Crippen molar-refractivity contribution in [3.8, 4) is 0 Å². The van der Waals surface area contributed by atoms with Crippen LogP contribution >= 0.6 is 11.6 Å². The molecule has 0 aromatic carbocycles. The summed E-state index contributed by atoms with van der Waals surface area (Å²) in [4.78, 5) is 11.2. The van der Waals surface area contributed by atoms with E-state index in [0.29, 0.717) is 0 Å². The molecule has 1 heterocycles. The molecule has 0 atom stereocenters. The van der Waals surface area contributed by atoms with Gasteiger partial charge in [-0.25, -0.2) is 13.1 Å². The predicted octanol–water partition coefficient (Wildman–Crippen LogP) is 0.201. The summed E-state index contributed by atoms with van der Waals surface area (Å²) in [6, 6.07) is 1.06. The van der Waals surface area contributed by atoms with Gasteiger partial charge in [0.1, 0.15) is 0 Å². The highest BCUT2D eigenvalue weighted by molar-refractivity contribution is 7.89. The van der Waals surface area contributed by atoms with Gasteiger partial charge in [0.15, 0.2) is 0 Å². The summed E-state index contributed by atoms with van der Waals surface area (Å²) in [5.41, 5.74) is -0.0204. The summed E-state index contributed by atoms with van der Waals surface area (Å²) >= 11 is 5.56. The second-order valence-corrected chi connectivity index (χ2v) is 4.70. The van der Waals surface area contributed by atoms with E-state index in [1.165, 1.54) is 14.1 Å². The van der Waals surface area contributed by atoms with Gasteiger partial charge in [0, 0.05) is 13.1 Å². The lowest BCUT2D eigenvalue weighted by Crippen LogP contribution is -2.19. The summed E-state index contributed by atoms with van der Waals surface area (Å²) in [6.45, 7) is 0. The van der Waals surface area contributed by atoms with Crippen molar-refractivity contribution in [3.63, 3.8) is 0 Å². The Hall–Kier alpha value is -1.05. The maximum Gasteiger partial charge on any atom is 0.273 e. The van der Waals surface area contributed by atoms with Crippen LogP contribution < -0.4 is 10.0 Å². The summed E-state index contributed by atoms with van der Waals surface area (Å²) in [7, 11) is -1.09. The molecular weight excluding hydrogens is 244 g/mol. The van der Waals surface area contributed by atoms with Crippen LogP contribution in [0.2, 0.25) is 5.22 Å². The summed E-state index contributed by atoms with van der Waals surface area (Å²) in [5.74, 6) is -0.513. The van der Waals surface area contributed by atoms with E-state index in [4.69, 9.17) is 16.0 Å². The van der Waals surface area contributed by atoms with Gasteiger partial charge in [0.05, 0.1) is 5.56 Å². The lowest BCUT2D eigenvalue weighted by atomic mass is 10.3. The molecule has 0 bridgehead atoms. The number of rotatable bonds is 3. The van der Waals surface area contributed by atoms with E-state index < -0.39 is 21.0 Å². The van der Waals surface area contributed by atoms with Crippen LogP contribution in [0.3, 0.4) is 0 Å². The minimum absolute atomic E-state index is 0.0204. The fourth-order valence-electron chi connectivity index (χ4n) is 0.870. The molecule has 0 saturated carbocycles. The Morgan fingerprint density at radius 3 is 2.53 bits per heavy atom. The number of hydrogen-bond acceptors (Lipinski definition) is 4. The van der Waals surface area contributed by atoms with Gasteiger partial charge in [-0.3, -0.25) is 4.79 Å². The Morgan fingerprint density at radius 2 is 2.07 bits per heavy atom. The molecule has 1 aromatic heterocycles. The fourth-order valence-corrected chi connectivity index (χ4v) is 1.81. The van der Waals surface area contributed by atoms with Crippen LogP contribution in [0.15, 0.2) is 15.6 Å². The Balaban J connectivity index is 3.23. The van der Waals surface area contributed by atoms with Crippen LogP contribution in [0.5, 0.6) is 0 Å². The van der Waals surface area contributed by atoms with E-state index in [9.17, 15) is 13.2 Å². The van der Waals surface area contributed by atoms with E-state index in [2.05, 4.69) is 5.32 Å². The highest BCUT2D eigenvalue weighted by Gasteiger charge is 2.22. The molecule has 0 saturated heterocycles. The maximum atomic E-state index is 11.3. The monoisotopic (exact) mass is 252 g/mol. The van der Waals surface area contributed by atoms with Crippen molar-refractivity contribution in [2.75, 3.05) is 14.1 Å². The number of amides is 1. The first kappa shape index (κ1) is 12.0. The number of sulfonamides is 1. The molecule has 6 nitrogen and oxygen atoms in total. The van der Waals surface area contributed by atoms with Crippen LogP contribution in [0.25, 0.3) is 0 Å². The highest BCUT2D eigenvalue weighted by atomic mass is 35.5. The molecule has 0 aliphatic rings. The van der Waals surface area contributed by atoms with Crippen molar-refractivity contribution in [1.29, 1.82) is 0 Å². The van der Waals surface area contributed by atoms with Crippen molar-refractivity contribution >= 4 is 27.5 Å².